The summed E-state index contributed by atoms with van der Waals surface area (Å²) in [6.45, 7) is -0.615. The van der Waals surface area contributed by atoms with E-state index in [4.69, 9.17) is 4.42 Å². The number of oxazole rings is 1. The Morgan fingerprint density at radius 2 is 2.20 bits per heavy atom. The monoisotopic (exact) mass is 223 g/mol. The van der Waals surface area contributed by atoms with Gasteiger partial charge in [-0.15, -0.1) is 0 Å². The van der Waals surface area contributed by atoms with Gasteiger partial charge in [0.2, 0.25) is 0 Å². The normalized spacial score (nSPS) is 11.8. The number of rotatable bonds is 4. The average Bonchev–Trinajstić information content (AvgIpc) is 2.50. The van der Waals surface area contributed by atoms with Gasteiger partial charge in [-0.05, 0) is 7.05 Å². The van der Waals surface area contributed by atoms with Gasteiger partial charge in [0.05, 0.1) is 5.69 Å². The summed E-state index contributed by atoms with van der Waals surface area (Å²) in [4.78, 5) is 4.80. The Bertz CT molecular complexity index is 310. The number of hydrogen-bond donors (Lipinski definition) is 1. The quantitative estimate of drug-likeness (QED) is 0.837. The van der Waals surface area contributed by atoms with Gasteiger partial charge in [0, 0.05) is 13.6 Å². The Hall–Kier alpha value is -1.24. The van der Waals surface area contributed by atoms with Crippen LogP contribution in [0.25, 0.3) is 0 Å². The number of halogens is 3. The van der Waals surface area contributed by atoms with Crippen LogP contribution in [0.2, 0.25) is 0 Å². The fraction of sp³-hybridized carbons (Fsp3) is 0.625. The van der Waals surface area contributed by atoms with Crippen molar-refractivity contribution in [3.05, 3.63) is 12.0 Å². The van der Waals surface area contributed by atoms with Crippen LogP contribution in [0.5, 0.6) is 0 Å². The molecule has 1 aromatic rings. The first-order valence-electron chi connectivity index (χ1n) is 4.29. The number of hydrogen-bond acceptors (Lipinski definition) is 4. The number of nitrogens with zero attached hydrogens (tertiary/aromatic N) is 2. The molecule has 0 fully saturated rings. The largest absolute Gasteiger partial charge is 0.432 e. The minimum atomic E-state index is -4.26. The molecule has 0 aromatic carbocycles. The van der Waals surface area contributed by atoms with Gasteiger partial charge >= 0.3 is 6.18 Å². The van der Waals surface area contributed by atoms with Crippen molar-refractivity contribution in [2.75, 3.05) is 25.5 Å². The summed E-state index contributed by atoms with van der Waals surface area (Å²) in [6, 6.07) is -0.0300. The van der Waals surface area contributed by atoms with Gasteiger partial charge < -0.3 is 14.6 Å². The van der Waals surface area contributed by atoms with E-state index in [0.29, 0.717) is 12.2 Å². The summed E-state index contributed by atoms with van der Waals surface area (Å²) < 4.78 is 41.0. The van der Waals surface area contributed by atoms with E-state index >= 15 is 0 Å². The summed E-state index contributed by atoms with van der Waals surface area (Å²) in [6.07, 6.45) is -2.93. The summed E-state index contributed by atoms with van der Waals surface area (Å²) in [7, 11) is 3.00. The Morgan fingerprint density at radius 1 is 1.53 bits per heavy atom. The molecule has 0 spiro atoms. The van der Waals surface area contributed by atoms with E-state index in [1.807, 2.05) is 0 Å². The fourth-order valence-electron chi connectivity index (χ4n) is 1.07. The van der Waals surface area contributed by atoms with Crippen molar-refractivity contribution in [1.82, 2.24) is 10.3 Å². The maximum absolute atomic E-state index is 12.0. The molecule has 0 saturated carbocycles. The van der Waals surface area contributed by atoms with Crippen LogP contribution < -0.4 is 10.2 Å². The smallest absolute Gasteiger partial charge is 0.406 e. The van der Waals surface area contributed by atoms with Gasteiger partial charge in [-0.25, -0.2) is 0 Å². The number of anilines is 1. The van der Waals surface area contributed by atoms with Crippen LogP contribution >= 0.6 is 0 Å². The van der Waals surface area contributed by atoms with Gasteiger partial charge in [-0.1, -0.05) is 0 Å². The van der Waals surface area contributed by atoms with Crippen molar-refractivity contribution in [2.45, 2.75) is 12.7 Å². The van der Waals surface area contributed by atoms with Crippen molar-refractivity contribution >= 4 is 6.01 Å². The number of aromatic nitrogens is 1. The third kappa shape index (κ3) is 3.78. The van der Waals surface area contributed by atoms with E-state index in [0.717, 1.165) is 4.90 Å². The van der Waals surface area contributed by atoms with Crippen molar-refractivity contribution in [3.8, 4) is 0 Å². The van der Waals surface area contributed by atoms with Gasteiger partial charge in [0.15, 0.2) is 0 Å². The summed E-state index contributed by atoms with van der Waals surface area (Å²) in [5.41, 5.74) is 0.571. The first-order valence-corrected chi connectivity index (χ1v) is 4.29. The van der Waals surface area contributed by atoms with E-state index in [-0.39, 0.29) is 6.01 Å². The molecule has 0 radical (unpaired) electrons. The highest BCUT2D eigenvalue weighted by molar-refractivity contribution is 5.25. The number of nitrogens with one attached hydrogen (secondary N) is 1. The van der Waals surface area contributed by atoms with E-state index in [9.17, 15) is 13.2 Å². The second-order valence-electron chi connectivity index (χ2n) is 3.12. The summed E-state index contributed by atoms with van der Waals surface area (Å²) in [5, 5.41) is 2.82. The topological polar surface area (TPSA) is 41.3 Å². The summed E-state index contributed by atoms with van der Waals surface area (Å²) in [5.74, 6) is 0. The Labute approximate surface area is 85.1 Å². The minimum Gasteiger partial charge on any atom is -0.432 e. The molecule has 0 unspecified atom stereocenters. The highest BCUT2D eigenvalue weighted by Crippen LogP contribution is 2.20. The van der Waals surface area contributed by atoms with E-state index in [1.165, 1.54) is 13.3 Å². The van der Waals surface area contributed by atoms with Crippen LogP contribution in [-0.2, 0) is 6.54 Å². The molecule has 0 aliphatic heterocycles. The molecule has 0 amide bonds. The lowest BCUT2D eigenvalue weighted by Gasteiger charge is -2.16. The van der Waals surface area contributed by atoms with Crippen LogP contribution in [0, 0.1) is 0 Å². The van der Waals surface area contributed by atoms with Crippen LogP contribution in [0.3, 0.4) is 0 Å². The first kappa shape index (κ1) is 11.8. The molecular weight excluding hydrogens is 211 g/mol. The van der Waals surface area contributed by atoms with Crippen LogP contribution in [0.1, 0.15) is 5.69 Å². The van der Waals surface area contributed by atoms with Crippen molar-refractivity contribution in [2.24, 2.45) is 0 Å². The molecular formula is C8H12F3N3O. The molecule has 0 bridgehead atoms. The van der Waals surface area contributed by atoms with E-state index in [2.05, 4.69) is 10.3 Å². The molecule has 4 nitrogen and oxygen atoms in total. The molecule has 1 aromatic heterocycles. The zero-order valence-corrected chi connectivity index (χ0v) is 8.43. The van der Waals surface area contributed by atoms with Crippen molar-refractivity contribution in [1.29, 1.82) is 0 Å². The zero-order chi connectivity index (χ0) is 11.5. The van der Waals surface area contributed by atoms with Crippen LogP contribution in [-0.4, -0.2) is 31.8 Å². The Kier molecular flexibility index (Phi) is 3.57. The second kappa shape index (κ2) is 4.52. The lowest BCUT2D eigenvalue weighted by Crippen LogP contribution is -2.31. The highest BCUT2D eigenvalue weighted by atomic mass is 19.4. The van der Waals surface area contributed by atoms with E-state index < -0.39 is 12.7 Å². The van der Waals surface area contributed by atoms with Gasteiger partial charge in [0.25, 0.3) is 6.01 Å². The predicted octanol–water partition coefficient (Wildman–Crippen LogP) is 1.39. The SMILES string of the molecule is CNCc1coc(N(C)CC(F)(F)F)n1. The van der Waals surface area contributed by atoms with Gasteiger partial charge in [0.1, 0.15) is 12.8 Å². The second-order valence-corrected chi connectivity index (χ2v) is 3.12. The maximum atomic E-state index is 12.0. The Morgan fingerprint density at radius 3 is 2.73 bits per heavy atom. The fourth-order valence-corrected chi connectivity index (χ4v) is 1.07. The van der Waals surface area contributed by atoms with Crippen LogP contribution in [0.4, 0.5) is 19.2 Å². The maximum Gasteiger partial charge on any atom is 0.406 e. The molecule has 86 valence electrons. The standard InChI is InChI=1S/C8H12F3N3O/c1-12-3-6-4-15-7(13-6)14(2)5-8(9,10)11/h4,12H,3,5H2,1-2H3. The predicted molar refractivity (Wildman–Crippen MR) is 48.6 cm³/mol. The molecule has 7 heteroatoms. The third-order valence-electron chi connectivity index (χ3n) is 1.64. The molecule has 15 heavy (non-hydrogen) atoms. The van der Waals surface area contributed by atoms with Gasteiger partial charge in [-0.2, -0.15) is 18.2 Å². The van der Waals surface area contributed by atoms with Gasteiger partial charge in [-0.3, -0.25) is 0 Å². The molecule has 0 atom stereocenters. The lowest BCUT2D eigenvalue weighted by molar-refractivity contribution is -0.119. The molecule has 0 aliphatic carbocycles. The van der Waals surface area contributed by atoms with Crippen molar-refractivity contribution in [3.63, 3.8) is 0 Å². The average molecular weight is 223 g/mol. The molecule has 0 aliphatic rings. The molecule has 0 saturated heterocycles. The molecule has 1 N–H and O–H groups in total. The third-order valence-corrected chi connectivity index (χ3v) is 1.64. The molecule has 1 heterocycles. The zero-order valence-electron chi connectivity index (χ0n) is 8.43. The minimum absolute atomic E-state index is 0.0300. The molecule has 1 rings (SSSR count). The van der Waals surface area contributed by atoms with E-state index in [1.54, 1.807) is 7.05 Å². The summed E-state index contributed by atoms with van der Waals surface area (Å²) >= 11 is 0. The Balaban J connectivity index is 2.61. The van der Waals surface area contributed by atoms with Crippen molar-refractivity contribution < 1.29 is 17.6 Å². The lowest BCUT2D eigenvalue weighted by atomic mass is 10.5. The first-order chi connectivity index (χ1) is 6.92. The highest BCUT2D eigenvalue weighted by Gasteiger charge is 2.30. The van der Waals surface area contributed by atoms with Crippen LogP contribution in [0.15, 0.2) is 10.7 Å². The number of alkyl halides is 3.